The van der Waals surface area contributed by atoms with Gasteiger partial charge in [-0.25, -0.2) is 0 Å². The van der Waals surface area contributed by atoms with Gasteiger partial charge in [0.1, 0.15) is 0 Å². The molecule has 140 valence electrons. The van der Waals surface area contributed by atoms with Crippen LogP contribution in [0.5, 0.6) is 0 Å². The largest absolute Gasteiger partial charge is 0.481 e. The van der Waals surface area contributed by atoms with Crippen LogP contribution in [0.3, 0.4) is 0 Å². The van der Waals surface area contributed by atoms with Gasteiger partial charge in [-0.15, -0.1) is 0 Å². The van der Waals surface area contributed by atoms with E-state index in [1.807, 2.05) is 6.20 Å². The maximum absolute atomic E-state index is 12.6. The number of carboxylic acid groups (broad SMARTS) is 1. The molecular formula is C18H20F3N3O2. The minimum atomic E-state index is -4.34. The van der Waals surface area contributed by atoms with Gasteiger partial charge in [0.15, 0.2) is 0 Å². The number of aliphatic carboxylic acids is 1. The second-order valence-electron chi connectivity index (χ2n) is 7.07. The third-order valence-electron chi connectivity index (χ3n) is 4.79. The Balaban J connectivity index is 1.59. The van der Waals surface area contributed by atoms with E-state index in [2.05, 4.69) is 10.00 Å². The van der Waals surface area contributed by atoms with Crippen LogP contribution in [0.2, 0.25) is 0 Å². The van der Waals surface area contributed by atoms with Crippen molar-refractivity contribution < 1.29 is 23.1 Å². The van der Waals surface area contributed by atoms with Crippen LogP contribution in [0.1, 0.15) is 30.0 Å². The molecule has 1 fully saturated rings. The first kappa shape index (κ1) is 18.4. The Morgan fingerprint density at radius 1 is 1.23 bits per heavy atom. The van der Waals surface area contributed by atoms with E-state index < -0.39 is 23.1 Å². The Bertz CT molecular complexity index is 786. The van der Waals surface area contributed by atoms with Gasteiger partial charge in [0.2, 0.25) is 0 Å². The minimum absolute atomic E-state index is 0.380. The summed E-state index contributed by atoms with van der Waals surface area (Å²) in [4.78, 5) is 13.4. The lowest BCUT2D eigenvalue weighted by Gasteiger charge is -2.19. The van der Waals surface area contributed by atoms with Crippen LogP contribution in [-0.4, -0.2) is 38.8 Å². The van der Waals surface area contributed by atoms with Crippen molar-refractivity contribution in [2.45, 2.75) is 32.6 Å². The Labute approximate surface area is 149 Å². The van der Waals surface area contributed by atoms with Crippen molar-refractivity contribution in [3.8, 4) is 0 Å². The molecule has 0 radical (unpaired) electrons. The highest BCUT2D eigenvalue weighted by atomic mass is 19.4. The average Bonchev–Trinajstić information content (AvgIpc) is 3.15. The number of carbonyl (C=O) groups is 1. The molecule has 26 heavy (non-hydrogen) atoms. The number of benzene rings is 1. The molecule has 5 nitrogen and oxygen atoms in total. The number of carboxylic acids is 1. The highest BCUT2D eigenvalue weighted by molar-refractivity contribution is 5.74. The number of hydrogen-bond acceptors (Lipinski definition) is 3. The van der Waals surface area contributed by atoms with Gasteiger partial charge in [-0.2, -0.15) is 18.3 Å². The molecule has 0 spiro atoms. The van der Waals surface area contributed by atoms with Crippen molar-refractivity contribution in [1.29, 1.82) is 0 Å². The second kappa shape index (κ2) is 6.75. The zero-order valence-corrected chi connectivity index (χ0v) is 14.3. The zero-order chi connectivity index (χ0) is 18.9. The number of rotatable bonds is 5. The van der Waals surface area contributed by atoms with Crippen LogP contribution in [0.4, 0.5) is 13.2 Å². The first-order valence-electron chi connectivity index (χ1n) is 8.29. The van der Waals surface area contributed by atoms with Crippen LogP contribution in [0.25, 0.3) is 0 Å². The molecule has 1 unspecified atom stereocenters. The van der Waals surface area contributed by atoms with Crippen molar-refractivity contribution in [2.75, 3.05) is 13.1 Å². The summed E-state index contributed by atoms with van der Waals surface area (Å²) in [5.41, 5.74) is 0.299. The molecule has 2 aromatic rings. The molecule has 8 heteroatoms. The van der Waals surface area contributed by atoms with E-state index in [1.165, 1.54) is 12.1 Å². The number of halogens is 3. The van der Waals surface area contributed by atoms with Gasteiger partial charge in [0, 0.05) is 24.8 Å². The monoisotopic (exact) mass is 367 g/mol. The van der Waals surface area contributed by atoms with Crippen molar-refractivity contribution in [3.05, 3.63) is 53.3 Å². The maximum Gasteiger partial charge on any atom is 0.416 e. The predicted molar refractivity (Wildman–Crippen MR) is 88.4 cm³/mol. The summed E-state index contributed by atoms with van der Waals surface area (Å²) in [7, 11) is 0. The van der Waals surface area contributed by atoms with Crippen molar-refractivity contribution >= 4 is 5.97 Å². The Morgan fingerprint density at radius 2 is 1.92 bits per heavy atom. The first-order chi connectivity index (χ1) is 12.2. The minimum Gasteiger partial charge on any atom is -0.481 e. The lowest BCUT2D eigenvalue weighted by atomic mass is 9.90. The molecule has 1 aliphatic rings. The molecule has 1 aromatic carbocycles. The average molecular weight is 367 g/mol. The molecule has 1 N–H and O–H groups in total. The van der Waals surface area contributed by atoms with E-state index in [9.17, 15) is 23.1 Å². The van der Waals surface area contributed by atoms with E-state index in [1.54, 1.807) is 17.8 Å². The molecular weight excluding hydrogens is 347 g/mol. The molecule has 1 atom stereocenters. The molecule has 0 aliphatic carbocycles. The quantitative estimate of drug-likeness (QED) is 0.881. The van der Waals surface area contributed by atoms with Crippen LogP contribution in [-0.2, 0) is 24.1 Å². The second-order valence-corrected chi connectivity index (χ2v) is 7.07. The van der Waals surface area contributed by atoms with Gasteiger partial charge >= 0.3 is 12.1 Å². The third-order valence-corrected chi connectivity index (χ3v) is 4.79. The molecule has 2 heterocycles. The van der Waals surface area contributed by atoms with Gasteiger partial charge in [0.25, 0.3) is 0 Å². The topological polar surface area (TPSA) is 58.4 Å². The molecule has 1 saturated heterocycles. The van der Waals surface area contributed by atoms with Crippen molar-refractivity contribution in [2.24, 2.45) is 5.41 Å². The zero-order valence-electron chi connectivity index (χ0n) is 14.3. The van der Waals surface area contributed by atoms with Gasteiger partial charge in [-0.05, 0) is 37.6 Å². The summed E-state index contributed by atoms with van der Waals surface area (Å²) >= 11 is 0. The van der Waals surface area contributed by atoms with E-state index in [0.29, 0.717) is 32.6 Å². The molecule has 0 saturated carbocycles. The Morgan fingerprint density at radius 3 is 2.50 bits per heavy atom. The number of nitrogens with zero attached hydrogens (tertiary/aromatic N) is 3. The summed E-state index contributed by atoms with van der Waals surface area (Å²) in [5.74, 6) is -0.780. The summed E-state index contributed by atoms with van der Waals surface area (Å²) in [6, 6.07) is 5.03. The lowest BCUT2D eigenvalue weighted by Crippen LogP contribution is -2.31. The lowest BCUT2D eigenvalue weighted by molar-refractivity contribution is -0.147. The summed E-state index contributed by atoms with van der Waals surface area (Å²) in [6.45, 7) is 3.95. The highest BCUT2D eigenvalue weighted by Crippen LogP contribution is 2.31. The molecule has 1 aromatic heterocycles. The molecule has 3 rings (SSSR count). The van der Waals surface area contributed by atoms with Crippen LogP contribution < -0.4 is 0 Å². The van der Waals surface area contributed by atoms with Crippen LogP contribution in [0.15, 0.2) is 36.7 Å². The van der Waals surface area contributed by atoms with Gasteiger partial charge in [-0.1, -0.05) is 12.1 Å². The van der Waals surface area contributed by atoms with Gasteiger partial charge in [-0.3, -0.25) is 14.4 Å². The summed E-state index contributed by atoms with van der Waals surface area (Å²) in [5, 5.41) is 13.5. The van der Waals surface area contributed by atoms with Gasteiger partial charge < -0.3 is 5.11 Å². The number of hydrogen-bond donors (Lipinski definition) is 1. The highest BCUT2D eigenvalue weighted by Gasteiger charge is 2.40. The smallest absolute Gasteiger partial charge is 0.416 e. The standard InChI is InChI=1S/C18H20F3N3O2/c1-17(16(25)26)6-7-23(12-17)9-14-8-22-24(11-14)10-13-2-4-15(5-3-13)18(19,20)21/h2-5,8,11H,6-7,9-10,12H2,1H3,(H,25,26). The summed E-state index contributed by atoms with van der Waals surface area (Å²) in [6.07, 6.45) is -0.172. The SMILES string of the molecule is CC1(C(=O)O)CCN(Cc2cnn(Cc3ccc(C(F)(F)F)cc3)c2)C1. The maximum atomic E-state index is 12.6. The Kier molecular flexibility index (Phi) is 4.79. The fourth-order valence-corrected chi connectivity index (χ4v) is 3.18. The number of aromatic nitrogens is 2. The normalized spacial score (nSPS) is 21.2. The van der Waals surface area contributed by atoms with Crippen LogP contribution >= 0.6 is 0 Å². The fourth-order valence-electron chi connectivity index (χ4n) is 3.18. The van der Waals surface area contributed by atoms with E-state index in [0.717, 1.165) is 23.3 Å². The Hall–Kier alpha value is -2.35. The van der Waals surface area contributed by atoms with Crippen LogP contribution in [0, 0.1) is 5.41 Å². The first-order valence-corrected chi connectivity index (χ1v) is 8.29. The molecule has 0 amide bonds. The third kappa shape index (κ3) is 4.07. The number of likely N-dealkylation sites (tertiary alicyclic amines) is 1. The summed E-state index contributed by atoms with van der Waals surface area (Å²) < 4.78 is 39.4. The predicted octanol–water partition coefficient (Wildman–Crippen LogP) is 3.25. The van der Waals surface area contributed by atoms with E-state index in [-0.39, 0.29) is 0 Å². The molecule has 1 aliphatic heterocycles. The van der Waals surface area contributed by atoms with E-state index in [4.69, 9.17) is 0 Å². The fraction of sp³-hybridized carbons (Fsp3) is 0.444. The van der Waals surface area contributed by atoms with Gasteiger partial charge in [0.05, 0.1) is 23.7 Å². The number of alkyl halides is 3. The molecule has 0 bridgehead atoms. The van der Waals surface area contributed by atoms with E-state index >= 15 is 0 Å². The van der Waals surface area contributed by atoms with Crippen molar-refractivity contribution in [1.82, 2.24) is 14.7 Å². The van der Waals surface area contributed by atoms with Crippen molar-refractivity contribution in [3.63, 3.8) is 0 Å².